The molecule has 1 unspecified atom stereocenters. The number of carbonyl (C=O) groups is 1. The molecule has 5 heteroatoms. The van der Waals surface area contributed by atoms with Gasteiger partial charge in [0.05, 0.1) is 12.1 Å². The largest absolute Gasteiger partial charge is 0.385 e. The second-order valence-electron chi connectivity index (χ2n) is 4.72. The average Bonchev–Trinajstić information content (AvgIpc) is 2.39. The minimum Gasteiger partial charge on any atom is -0.385 e. The molecule has 1 atom stereocenters. The molecule has 1 aliphatic heterocycles. The lowest BCUT2D eigenvalue weighted by Crippen LogP contribution is -2.48. The number of likely N-dealkylation sites (tertiary alicyclic amines) is 1. The SMILES string of the molecule is CCOC1CCN(C(=O)C(N)CCCOC)CC1. The predicted octanol–water partition coefficient (Wildman–Crippen LogP) is 0.768. The number of carbonyl (C=O) groups excluding carboxylic acids is 1. The van der Waals surface area contributed by atoms with Crippen molar-refractivity contribution in [1.82, 2.24) is 4.90 Å². The molecule has 1 rings (SSSR count). The third-order valence-electron chi connectivity index (χ3n) is 3.34. The molecule has 0 bridgehead atoms. The van der Waals surface area contributed by atoms with Gasteiger partial charge in [0.25, 0.3) is 0 Å². The van der Waals surface area contributed by atoms with Gasteiger partial charge in [-0.15, -0.1) is 0 Å². The Balaban J connectivity index is 2.26. The van der Waals surface area contributed by atoms with E-state index in [2.05, 4.69) is 0 Å². The van der Waals surface area contributed by atoms with E-state index in [-0.39, 0.29) is 11.9 Å². The lowest BCUT2D eigenvalue weighted by Gasteiger charge is -2.33. The molecule has 1 aliphatic rings. The van der Waals surface area contributed by atoms with Crippen LogP contribution in [0.2, 0.25) is 0 Å². The van der Waals surface area contributed by atoms with Crippen LogP contribution in [0.15, 0.2) is 0 Å². The number of piperidine rings is 1. The van der Waals surface area contributed by atoms with Crippen LogP contribution in [0.1, 0.15) is 32.6 Å². The molecule has 1 fully saturated rings. The summed E-state index contributed by atoms with van der Waals surface area (Å²) in [5, 5.41) is 0. The topological polar surface area (TPSA) is 64.8 Å². The molecule has 1 heterocycles. The van der Waals surface area contributed by atoms with Crippen molar-refractivity contribution in [1.29, 1.82) is 0 Å². The molecule has 18 heavy (non-hydrogen) atoms. The van der Waals surface area contributed by atoms with Crippen LogP contribution in [0.3, 0.4) is 0 Å². The highest BCUT2D eigenvalue weighted by molar-refractivity contribution is 5.81. The number of nitrogens with two attached hydrogens (primary N) is 1. The van der Waals surface area contributed by atoms with Crippen LogP contribution < -0.4 is 5.73 Å². The normalized spacial score (nSPS) is 18.9. The minimum absolute atomic E-state index is 0.0704. The van der Waals surface area contributed by atoms with E-state index < -0.39 is 0 Å². The van der Waals surface area contributed by atoms with Gasteiger partial charge in [0.1, 0.15) is 0 Å². The van der Waals surface area contributed by atoms with Gasteiger partial charge in [0.15, 0.2) is 0 Å². The lowest BCUT2D eigenvalue weighted by atomic mass is 10.1. The highest BCUT2D eigenvalue weighted by Crippen LogP contribution is 2.15. The zero-order valence-corrected chi connectivity index (χ0v) is 11.6. The summed E-state index contributed by atoms with van der Waals surface area (Å²) in [7, 11) is 1.66. The first-order chi connectivity index (χ1) is 8.69. The molecule has 0 radical (unpaired) electrons. The number of hydrogen-bond acceptors (Lipinski definition) is 4. The second kappa shape index (κ2) is 8.45. The maximum absolute atomic E-state index is 12.1. The summed E-state index contributed by atoms with van der Waals surface area (Å²) in [5.41, 5.74) is 5.90. The van der Waals surface area contributed by atoms with Crippen LogP contribution in [0.4, 0.5) is 0 Å². The lowest BCUT2D eigenvalue weighted by molar-refractivity contribution is -0.135. The Morgan fingerprint density at radius 1 is 1.44 bits per heavy atom. The Labute approximate surface area is 110 Å². The Morgan fingerprint density at radius 2 is 2.11 bits per heavy atom. The Hall–Kier alpha value is -0.650. The second-order valence-corrected chi connectivity index (χ2v) is 4.72. The molecular weight excluding hydrogens is 232 g/mol. The Morgan fingerprint density at radius 3 is 2.67 bits per heavy atom. The molecule has 106 valence electrons. The fraction of sp³-hybridized carbons (Fsp3) is 0.923. The van der Waals surface area contributed by atoms with Crippen molar-refractivity contribution in [3.05, 3.63) is 0 Å². The monoisotopic (exact) mass is 258 g/mol. The first-order valence-electron chi connectivity index (χ1n) is 6.84. The van der Waals surface area contributed by atoms with Gasteiger partial charge in [-0.3, -0.25) is 4.79 Å². The molecule has 1 amide bonds. The van der Waals surface area contributed by atoms with Crippen molar-refractivity contribution in [3.8, 4) is 0 Å². The Bertz CT molecular complexity index is 240. The Kier molecular flexibility index (Phi) is 7.23. The molecule has 2 N–H and O–H groups in total. The van der Waals surface area contributed by atoms with Crippen LogP contribution in [0.5, 0.6) is 0 Å². The third-order valence-corrected chi connectivity index (χ3v) is 3.34. The van der Waals surface area contributed by atoms with Crippen LogP contribution in [-0.4, -0.2) is 56.4 Å². The molecule has 0 aromatic heterocycles. The minimum atomic E-state index is -0.385. The third kappa shape index (κ3) is 4.92. The van der Waals surface area contributed by atoms with Crippen molar-refractivity contribution in [2.75, 3.05) is 33.4 Å². The number of rotatable bonds is 7. The standard InChI is InChI=1S/C13H26N2O3/c1-3-18-11-6-8-15(9-7-11)13(16)12(14)5-4-10-17-2/h11-12H,3-10,14H2,1-2H3. The fourth-order valence-corrected chi connectivity index (χ4v) is 2.28. The molecule has 0 aromatic rings. The maximum Gasteiger partial charge on any atom is 0.239 e. The van der Waals surface area contributed by atoms with Gasteiger partial charge in [-0.1, -0.05) is 0 Å². The van der Waals surface area contributed by atoms with Crippen molar-refractivity contribution in [2.24, 2.45) is 5.73 Å². The van der Waals surface area contributed by atoms with Gasteiger partial charge >= 0.3 is 0 Å². The number of methoxy groups -OCH3 is 1. The predicted molar refractivity (Wildman–Crippen MR) is 70.3 cm³/mol. The molecule has 0 spiro atoms. The fourth-order valence-electron chi connectivity index (χ4n) is 2.28. The van der Waals surface area contributed by atoms with Crippen LogP contribution in [0.25, 0.3) is 0 Å². The van der Waals surface area contributed by atoms with E-state index >= 15 is 0 Å². The highest BCUT2D eigenvalue weighted by Gasteiger charge is 2.26. The smallest absolute Gasteiger partial charge is 0.239 e. The van der Waals surface area contributed by atoms with Crippen molar-refractivity contribution in [2.45, 2.75) is 44.8 Å². The summed E-state index contributed by atoms with van der Waals surface area (Å²) in [5.74, 6) is 0.0704. The van der Waals surface area contributed by atoms with Gasteiger partial charge in [-0.25, -0.2) is 0 Å². The number of nitrogens with zero attached hydrogens (tertiary/aromatic N) is 1. The molecule has 0 aliphatic carbocycles. The summed E-state index contributed by atoms with van der Waals surface area (Å²) in [6, 6.07) is -0.385. The molecular formula is C13H26N2O3. The van der Waals surface area contributed by atoms with E-state index in [1.165, 1.54) is 0 Å². The first-order valence-corrected chi connectivity index (χ1v) is 6.84. The summed E-state index contributed by atoms with van der Waals surface area (Å²) >= 11 is 0. The quantitative estimate of drug-likeness (QED) is 0.685. The average molecular weight is 258 g/mol. The molecule has 5 nitrogen and oxygen atoms in total. The van der Waals surface area contributed by atoms with Gasteiger partial charge in [-0.05, 0) is 32.6 Å². The van der Waals surface area contributed by atoms with Gasteiger partial charge < -0.3 is 20.1 Å². The van der Waals surface area contributed by atoms with E-state index in [1.807, 2.05) is 11.8 Å². The molecule has 0 aromatic carbocycles. The first kappa shape index (κ1) is 15.4. The van der Waals surface area contributed by atoms with E-state index in [4.69, 9.17) is 15.2 Å². The summed E-state index contributed by atoms with van der Waals surface area (Å²) in [6.45, 7) is 4.94. The number of ether oxygens (including phenoxy) is 2. The van der Waals surface area contributed by atoms with Gasteiger partial charge in [0.2, 0.25) is 5.91 Å². The van der Waals surface area contributed by atoms with E-state index in [0.717, 1.165) is 39.0 Å². The molecule has 0 saturated carbocycles. The zero-order valence-electron chi connectivity index (χ0n) is 11.6. The summed E-state index contributed by atoms with van der Waals surface area (Å²) < 4.78 is 10.5. The van der Waals surface area contributed by atoms with Crippen molar-refractivity contribution in [3.63, 3.8) is 0 Å². The van der Waals surface area contributed by atoms with Crippen LogP contribution >= 0.6 is 0 Å². The van der Waals surface area contributed by atoms with E-state index in [1.54, 1.807) is 7.11 Å². The van der Waals surface area contributed by atoms with Crippen molar-refractivity contribution >= 4 is 5.91 Å². The van der Waals surface area contributed by atoms with Gasteiger partial charge in [0, 0.05) is 33.4 Å². The summed E-state index contributed by atoms with van der Waals surface area (Å²) in [6.07, 6.45) is 3.68. The maximum atomic E-state index is 12.1. The highest BCUT2D eigenvalue weighted by atomic mass is 16.5. The molecule has 1 saturated heterocycles. The van der Waals surface area contributed by atoms with Crippen molar-refractivity contribution < 1.29 is 14.3 Å². The van der Waals surface area contributed by atoms with Gasteiger partial charge in [-0.2, -0.15) is 0 Å². The summed E-state index contributed by atoms with van der Waals surface area (Å²) in [4.78, 5) is 13.9. The number of amides is 1. The zero-order chi connectivity index (χ0) is 13.4. The van der Waals surface area contributed by atoms with Crippen LogP contribution in [-0.2, 0) is 14.3 Å². The van der Waals surface area contributed by atoms with E-state index in [0.29, 0.717) is 19.1 Å². The number of hydrogen-bond donors (Lipinski definition) is 1. The van der Waals surface area contributed by atoms with Crippen LogP contribution in [0, 0.1) is 0 Å². The van der Waals surface area contributed by atoms with E-state index in [9.17, 15) is 4.79 Å².